The molecule has 0 aromatic heterocycles. The van der Waals surface area contributed by atoms with Crippen LogP contribution in [0.4, 0.5) is 0 Å². The lowest BCUT2D eigenvalue weighted by molar-refractivity contribution is 0.180. The standard InChI is InChI=1S/C19H29ClN4O.HI/c1-21-19(22-12-18(25)14-6-8-15(20)9-7-14)23-16-10-11-24(13-16)17-4-2-3-5-17;/h6-9,16-18,25H,2-5,10-13H2,1H3,(H2,21,22,23);1H. The molecular weight excluding hydrogens is 463 g/mol. The van der Waals surface area contributed by atoms with Crippen molar-refractivity contribution in [3.05, 3.63) is 34.9 Å². The Kier molecular flexibility index (Phi) is 8.93. The predicted molar refractivity (Wildman–Crippen MR) is 119 cm³/mol. The molecule has 0 spiro atoms. The Morgan fingerprint density at radius 2 is 1.96 bits per heavy atom. The van der Waals surface area contributed by atoms with Crippen molar-refractivity contribution in [2.45, 2.75) is 50.3 Å². The smallest absolute Gasteiger partial charge is 0.191 e. The molecule has 2 unspecified atom stereocenters. The molecule has 0 amide bonds. The van der Waals surface area contributed by atoms with E-state index >= 15 is 0 Å². The summed E-state index contributed by atoms with van der Waals surface area (Å²) in [5, 5.41) is 17.7. The van der Waals surface area contributed by atoms with Gasteiger partial charge in [0.05, 0.1) is 6.10 Å². The highest BCUT2D eigenvalue weighted by Crippen LogP contribution is 2.26. The van der Waals surface area contributed by atoms with E-state index in [-0.39, 0.29) is 24.0 Å². The average molecular weight is 493 g/mol. The average Bonchev–Trinajstić information content (AvgIpc) is 3.30. The van der Waals surface area contributed by atoms with Crippen LogP contribution in [-0.4, -0.2) is 54.7 Å². The fourth-order valence-corrected chi connectivity index (χ4v) is 4.02. The number of benzene rings is 1. The normalized spacial score (nSPS) is 22.9. The highest BCUT2D eigenvalue weighted by Gasteiger charge is 2.30. The Bertz CT molecular complexity index is 577. The van der Waals surface area contributed by atoms with Gasteiger partial charge in [0.25, 0.3) is 0 Å². The van der Waals surface area contributed by atoms with Gasteiger partial charge < -0.3 is 15.7 Å². The Balaban J connectivity index is 0.00000243. The summed E-state index contributed by atoms with van der Waals surface area (Å²) < 4.78 is 0. The zero-order chi connectivity index (χ0) is 17.6. The third-order valence-electron chi connectivity index (χ3n) is 5.34. The zero-order valence-electron chi connectivity index (χ0n) is 15.3. The second-order valence-electron chi connectivity index (χ2n) is 7.08. The van der Waals surface area contributed by atoms with Crippen molar-refractivity contribution in [2.24, 2.45) is 4.99 Å². The summed E-state index contributed by atoms with van der Waals surface area (Å²) in [7, 11) is 1.77. The molecule has 1 aliphatic heterocycles. The van der Waals surface area contributed by atoms with Crippen LogP contribution in [0.5, 0.6) is 0 Å². The highest BCUT2D eigenvalue weighted by atomic mass is 127. The summed E-state index contributed by atoms with van der Waals surface area (Å²) in [6.07, 6.45) is 6.03. The third kappa shape index (κ3) is 5.97. The molecule has 1 aromatic carbocycles. The molecule has 1 aliphatic carbocycles. The molecule has 1 saturated heterocycles. The molecular formula is C19H30ClIN4O. The minimum atomic E-state index is -0.589. The lowest BCUT2D eigenvalue weighted by atomic mass is 10.1. The Morgan fingerprint density at radius 1 is 1.27 bits per heavy atom. The topological polar surface area (TPSA) is 59.9 Å². The van der Waals surface area contributed by atoms with Crippen LogP contribution in [0.1, 0.15) is 43.8 Å². The number of hydrogen-bond donors (Lipinski definition) is 3. The number of likely N-dealkylation sites (tertiary alicyclic amines) is 1. The van der Waals surface area contributed by atoms with Gasteiger partial charge in [-0.2, -0.15) is 0 Å². The van der Waals surface area contributed by atoms with E-state index in [2.05, 4.69) is 20.5 Å². The van der Waals surface area contributed by atoms with Crippen molar-refractivity contribution >= 4 is 41.5 Å². The van der Waals surface area contributed by atoms with Crippen molar-refractivity contribution in [3.8, 4) is 0 Å². The second-order valence-corrected chi connectivity index (χ2v) is 7.52. The van der Waals surface area contributed by atoms with Gasteiger partial charge in [-0.3, -0.25) is 9.89 Å². The first kappa shape index (κ1) is 21.7. The number of guanidine groups is 1. The van der Waals surface area contributed by atoms with Crippen molar-refractivity contribution in [1.82, 2.24) is 15.5 Å². The van der Waals surface area contributed by atoms with Crippen LogP contribution in [0.2, 0.25) is 5.02 Å². The van der Waals surface area contributed by atoms with Crippen LogP contribution in [0.3, 0.4) is 0 Å². The molecule has 0 radical (unpaired) electrons. The molecule has 5 nitrogen and oxygen atoms in total. The molecule has 146 valence electrons. The monoisotopic (exact) mass is 492 g/mol. The number of hydrogen-bond acceptors (Lipinski definition) is 3. The molecule has 3 rings (SSSR count). The molecule has 1 saturated carbocycles. The SMILES string of the molecule is CN=C(NCC(O)c1ccc(Cl)cc1)NC1CCN(C2CCCC2)C1.I. The van der Waals surface area contributed by atoms with Crippen molar-refractivity contribution in [3.63, 3.8) is 0 Å². The first-order chi connectivity index (χ1) is 12.2. The van der Waals surface area contributed by atoms with Crippen molar-refractivity contribution in [1.29, 1.82) is 0 Å². The molecule has 7 heteroatoms. The molecule has 26 heavy (non-hydrogen) atoms. The highest BCUT2D eigenvalue weighted by molar-refractivity contribution is 14.0. The zero-order valence-corrected chi connectivity index (χ0v) is 18.4. The van der Waals surface area contributed by atoms with E-state index < -0.39 is 6.10 Å². The van der Waals surface area contributed by atoms with Gasteiger partial charge in [-0.25, -0.2) is 0 Å². The van der Waals surface area contributed by atoms with Gasteiger partial charge in [-0.05, 0) is 37.0 Å². The largest absolute Gasteiger partial charge is 0.387 e. The second kappa shape index (κ2) is 10.7. The lowest BCUT2D eigenvalue weighted by Gasteiger charge is -2.24. The van der Waals surface area contributed by atoms with E-state index in [1.165, 1.54) is 32.2 Å². The number of aliphatic hydroxyl groups excluding tert-OH is 1. The van der Waals surface area contributed by atoms with E-state index in [0.29, 0.717) is 17.6 Å². The van der Waals surface area contributed by atoms with Crippen molar-refractivity contribution in [2.75, 3.05) is 26.7 Å². The van der Waals surface area contributed by atoms with Gasteiger partial charge in [0.2, 0.25) is 0 Å². The molecule has 2 fully saturated rings. The number of halogens is 2. The number of nitrogens with zero attached hydrogens (tertiary/aromatic N) is 2. The molecule has 1 aromatic rings. The van der Waals surface area contributed by atoms with E-state index in [1.54, 1.807) is 19.2 Å². The van der Waals surface area contributed by atoms with E-state index in [1.807, 2.05) is 12.1 Å². The quantitative estimate of drug-likeness (QED) is 0.336. The molecule has 0 bridgehead atoms. The Hall–Kier alpha value is -0.570. The van der Waals surface area contributed by atoms with Crippen molar-refractivity contribution < 1.29 is 5.11 Å². The summed E-state index contributed by atoms with van der Waals surface area (Å²) in [4.78, 5) is 6.92. The summed E-state index contributed by atoms with van der Waals surface area (Å²) in [5.74, 6) is 0.756. The van der Waals surface area contributed by atoms with Crippen LogP contribution in [0.25, 0.3) is 0 Å². The molecule has 2 atom stereocenters. The first-order valence-electron chi connectivity index (χ1n) is 9.30. The van der Waals surface area contributed by atoms with E-state index in [0.717, 1.165) is 30.5 Å². The minimum Gasteiger partial charge on any atom is -0.387 e. The summed E-state index contributed by atoms with van der Waals surface area (Å²) in [5.41, 5.74) is 0.848. The van der Waals surface area contributed by atoms with Crippen LogP contribution < -0.4 is 10.6 Å². The minimum absolute atomic E-state index is 0. The molecule has 3 N–H and O–H groups in total. The number of rotatable bonds is 5. The van der Waals surface area contributed by atoms with Gasteiger partial charge >= 0.3 is 0 Å². The molecule has 2 aliphatic rings. The number of aliphatic hydroxyl groups is 1. The Labute approximate surface area is 178 Å². The van der Waals surface area contributed by atoms with Gasteiger partial charge in [0.15, 0.2) is 5.96 Å². The van der Waals surface area contributed by atoms with Crippen LogP contribution in [0.15, 0.2) is 29.3 Å². The molecule has 1 heterocycles. The fraction of sp³-hybridized carbons (Fsp3) is 0.632. The summed E-state index contributed by atoms with van der Waals surface area (Å²) >= 11 is 5.89. The maximum Gasteiger partial charge on any atom is 0.191 e. The van der Waals surface area contributed by atoms with Gasteiger partial charge in [0.1, 0.15) is 0 Å². The van der Waals surface area contributed by atoms with E-state index in [4.69, 9.17) is 11.6 Å². The number of aliphatic imine (C=N–C) groups is 1. The third-order valence-corrected chi connectivity index (χ3v) is 5.59. The lowest BCUT2D eigenvalue weighted by Crippen LogP contribution is -2.46. The van der Waals surface area contributed by atoms with Crippen LogP contribution in [0, 0.1) is 0 Å². The Morgan fingerprint density at radius 3 is 2.62 bits per heavy atom. The first-order valence-corrected chi connectivity index (χ1v) is 9.68. The maximum absolute atomic E-state index is 10.3. The fourth-order valence-electron chi connectivity index (χ4n) is 3.89. The van der Waals surface area contributed by atoms with E-state index in [9.17, 15) is 5.11 Å². The summed E-state index contributed by atoms with van der Waals surface area (Å²) in [6.45, 7) is 2.68. The van der Waals surface area contributed by atoms with Gasteiger partial charge in [0, 0.05) is 43.8 Å². The van der Waals surface area contributed by atoms with Gasteiger partial charge in [-0.15, -0.1) is 24.0 Å². The maximum atomic E-state index is 10.3. The van der Waals surface area contributed by atoms with Crippen LogP contribution >= 0.6 is 35.6 Å². The predicted octanol–water partition coefficient (Wildman–Crippen LogP) is 3.17. The van der Waals surface area contributed by atoms with Gasteiger partial charge in [-0.1, -0.05) is 36.6 Å². The summed E-state index contributed by atoms with van der Waals surface area (Å²) in [6, 6.07) is 8.50. The van der Waals surface area contributed by atoms with Crippen LogP contribution in [-0.2, 0) is 0 Å². The number of nitrogens with one attached hydrogen (secondary N) is 2.